The molecule has 0 unspecified atom stereocenters. The first-order chi connectivity index (χ1) is 6.15. The summed E-state index contributed by atoms with van der Waals surface area (Å²) in [6, 6.07) is 0.434. The van der Waals surface area contributed by atoms with E-state index in [0.717, 1.165) is 25.7 Å². The molecule has 1 aliphatic carbocycles. The van der Waals surface area contributed by atoms with E-state index in [1.807, 2.05) is 11.9 Å². The van der Waals surface area contributed by atoms with Gasteiger partial charge in [0.2, 0.25) is 5.91 Å². The minimum atomic E-state index is 0.167. The molecule has 1 aliphatic rings. The Hall–Kier alpha value is -0.570. The number of rotatable bonds is 2. The number of hydrogen-bond donors (Lipinski definition) is 0. The molecule has 76 valence electrons. The molecule has 0 N–H and O–H groups in total. The molecule has 1 rings (SSSR count). The van der Waals surface area contributed by atoms with Crippen LogP contribution in [0, 0.1) is 0 Å². The zero-order valence-corrected chi connectivity index (χ0v) is 8.75. The maximum atomic E-state index is 11.1. The molecule has 13 heavy (non-hydrogen) atoms. The summed E-state index contributed by atoms with van der Waals surface area (Å²) in [6.45, 7) is 1.63. The maximum absolute atomic E-state index is 11.1. The van der Waals surface area contributed by atoms with Crippen LogP contribution in [0.1, 0.15) is 32.6 Å². The predicted octanol–water partition coefficient (Wildman–Crippen LogP) is 1.42. The molecule has 3 heteroatoms. The topological polar surface area (TPSA) is 29.5 Å². The molecule has 1 fully saturated rings. The average molecular weight is 185 g/mol. The Balaban J connectivity index is 2.36. The van der Waals surface area contributed by atoms with E-state index in [1.165, 1.54) is 0 Å². The Kier molecular flexibility index (Phi) is 3.72. The second-order valence-corrected chi connectivity index (χ2v) is 3.80. The van der Waals surface area contributed by atoms with Gasteiger partial charge in [0, 0.05) is 27.1 Å². The molecule has 3 nitrogen and oxygen atoms in total. The Morgan fingerprint density at radius 2 is 1.85 bits per heavy atom. The van der Waals surface area contributed by atoms with Crippen molar-refractivity contribution in [1.82, 2.24) is 4.90 Å². The maximum Gasteiger partial charge on any atom is 0.219 e. The molecular weight excluding hydrogens is 166 g/mol. The van der Waals surface area contributed by atoms with Gasteiger partial charge in [-0.15, -0.1) is 0 Å². The molecule has 0 aromatic rings. The minimum absolute atomic E-state index is 0.167. The summed E-state index contributed by atoms with van der Waals surface area (Å²) < 4.78 is 5.28. The third-order valence-electron chi connectivity index (χ3n) is 3.02. The second kappa shape index (κ2) is 4.61. The van der Waals surface area contributed by atoms with Gasteiger partial charge in [-0.05, 0) is 25.7 Å². The van der Waals surface area contributed by atoms with Crippen LogP contribution in [0.15, 0.2) is 0 Å². The molecule has 0 aromatic heterocycles. The summed E-state index contributed by atoms with van der Waals surface area (Å²) in [6.07, 6.45) is 4.73. The fraction of sp³-hybridized carbons (Fsp3) is 0.900. The van der Waals surface area contributed by atoms with Crippen molar-refractivity contribution in [3.05, 3.63) is 0 Å². The average Bonchev–Trinajstić information content (AvgIpc) is 2.17. The lowest BCUT2D eigenvalue weighted by Gasteiger charge is -2.33. The molecule has 0 aromatic carbocycles. The Morgan fingerprint density at radius 3 is 2.23 bits per heavy atom. The number of ether oxygens (including phenoxy) is 1. The smallest absolute Gasteiger partial charge is 0.219 e. The normalized spacial score (nSPS) is 28.5. The van der Waals surface area contributed by atoms with Gasteiger partial charge in [0.25, 0.3) is 0 Å². The SMILES string of the molecule is COC1CCC(N(C)C(C)=O)CC1. The minimum Gasteiger partial charge on any atom is -0.381 e. The van der Waals surface area contributed by atoms with Crippen molar-refractivity contribution in [2.75, 3.05) is 14.2 Å². The Labute approximate surface area is 80.1 Å². The standard InChI is InChI=1S/C10H19NO2/c1-8(12)11(2)9-4-6-10(13-3)7-5-9/h9-10H,4-7H2,1-3H3. The van der Waals surface area contributed by atoms with Crippen LogP contribution in [0.2, 0.25) is 0 Å². The number of nitrogens with zero attached hydrogens (tertiary/aromatic N) is 1. The van der Waals surface area contributed by atoms with E-state index in [9.17, 15) is 4.79 Å². The quantitative estimate of drug-likeness (QED) is 0.651. The molecule has 0 aliphatic heterocycles. The lowest BCUT2D eigenvalue weighted by atomic mass is 9.92. The van der Waals surface area contributed by atoms with E-state index in [0.29, 0.717) is 12.1 Å². The lowest BCUT2D eigenvalue weighted by Crippen LogP contribution is -2.39. The van der Waals surface area contributed by atoms with Crippen LogP contribution in [-0.2, 0) is 9.53 Å². The summed E-state index contributed by atoms with van der Waals surface area (Å²) in [5, 5.41) is 0. The number of carbonyl (C=O) groups is 1. The van der Waals surface area contributed by atoms with Crippen LogP contribution >= 0.6 is 0 Å². The van der Waals surface area contributed by atoms with Crippen molar-refractivity contribution in [2.45, 2.75) is 44.8 Å². The highest BCUT2D eigenvalue weighted by Crippen LogP contribution is 2.23. The lowest BCUT2D eigenvalue weighted by molar-refractivity contribution is -0.130. The highest BCUT2D eigenvalue weighted by Gasteiger charge is 2.24. The number of carbonyl (C=O) groups excluding carboxylic acids is 1. The van der Waals surface area contributed by atoms with Gasteiger partial charge in [-0.1, -0.05) is 0 Å². The van der Waals surface area contributed by atoms with Crippen LogP contribution in [0.3, 0.4) is 0 Å². The van der Waals surface area contributed by atoms with Crippen molar-refractivity contribution < 1.29 is 9.53 Å². The van der Waals surface area contributed by atoms with E-state index < -0.39 is 0 Å². The number of amides is 1. The first-order valence-electron chi connectivity index (χ1n) is 4.91. The van der Waals surface area contributed by atoms with Gasteiger partial charge in [-0.3, -0.25) is 4.79 Å². The summed E-state index contributed by atoms with van der Waals surface area (Å²) in [4.78, 5) is 12.9. The number of hydrogen-bond acceptors (Lipinski definition) is 2. The van der Waals surface area contributed by atoms with Gasteiger partial charge in [-0.2, -0.15) is 0 Å². The fourth-order valence-corrected chi connectivity index (χ4v) is 1.93. The largest absolute Gasteiger partial charge is 0.381 e. The zero-order chi connectivity index (χ0) is 9.84. The molecule has 0 bridgehead atoms. The highest BCUT2D eigenvalue weighted by atomic mass is 16.5. The highest BCUT2D eigenvalue weighted by molar-refractivity contribution is 5.73. The Morgan fingerprint density at radius 1 is 1.31 bits per heavy atom. The van der Waals surface area contributed by atoms with E-state index in [-0.39, 0.29) is 5.91 Å². The van der Waals surface area contributed by atoms with Crippen LogP contribution in [0.4, 0.5) is 0 Å². The van der Waals surface area contributed by atoms with Gasteiger partial charge in [-0.25, -0.2) is 0 Å². The van der Waals surface area contributed by atoms with E-state index in [4.69, 9.17) is 4.74 Å². The molecule has 0 atom stereocenters. The van der Waals surface area contributed by atoms with Crippen molar-refractivity contribution in [3.8, 4) is 0 Å². The van der Waals surface area contributed by atoms with Crippen molar-refractivity contribution >= 4 is 5.91 Å². The predicted molar refractivity (Wildman–Crippen MR) is 51.5 cm³/mol. The van der Waals surface area contributed by atoms with Gasteiger partial charge >= 0.3 is 0 Å². The first kappa shape index (κ1) is 10.5. The van der Waals surface area contributed by atoms with Crippen LogP contribution in [-0.4, -0.2) is 37.1 Å². The van der Waals surface area contributed by atoms with E-state index in [1.54, 1.807) is 14.0 Å². The van der Waals surface area contributed by atoms with Crippen LogP contribution < -0.4 is 0 Å². The number of methoxy groups -OCH3 is 1. The van der Waals surface area contributed by atoms with Gasteiger partial charge in [0.1, 0.15) is 0 Å². The Bertz CT molecular complexity index is 174. The third-order valence-corrected chi connectivity index (χ3v) is 3.02. The monoisotopic (exact) mass is 185 g/mol. The fourth-order valence-electron chi connectivity index (χ4n) is 1.93. The van der Waals surface area contributed by atoms with Gasteiger partial charge in [0.15, 0.2) is 0 Å². The second-order valence-electron chi connectivity index (χ2n) is 3.80. The van der Waals surface area contributed by atoms with Crippen LogP contribution in [0.25, 0.3) is 0 Å². The summed E-state index contributed by atoms with van der Waals surface area (Å²) in [7, 11) is 3.65. The molecule has 0 spiro atoms. The first-order valence-corrected chi connectivity index (χ1v) is 4.91. The zero-order valence-electron chi connectivity index (χ0n) is 8.75. The van der Waals surface area contributed by atoms with Crippen molar-refractivity contribution in [1.29, 1.82) is 0 Å². The van der Waals surface area contributed by atoms with E-state index in [2.05, 4.69) is 0 Å². The van der Waals surface area contributed by atoms with Crippen molar-refractivity contribution in [3.63, 3.8) is 0 Å². The molecule has 1 saturated carbocycles. The van der Waals surface area contributed by atoms with E-state index >= 15 is 0 Å². The molecular formula is C10H19NO2. The molecule has 0 saturated heterocycles. The summed E-state index contributed by atoms with van der Waals surface area (Å²) in [5.41, 5.74) is 0. The van der Waals surface area contributed by atoms with Crippen molar-refractivity contribution in [2.24, 2.45) is 0 Å². The molecule has 0 radical (unpaired) electrons. The molecule has 0 heterocycles. The van der Waals surface area contributed by atoms with Gasteiger partial charge < -0.3 is 9.64 Å². The molecule has 1 amide bonds. The summed E-state index contributed by atoms with van der Waals surface area (Å²) in [5.74, 6) is 0.167. The summed E-state index contributed by atoms with van der Waals surface area (Å²) >= 11 is 0. The third kappa shape index (κ3) is 2.69. The van der Waals surface area contributed by atoms with Gasteiger partial charge in [0.05, 0.1) is 6.10 Å². The van der Waals surface area contributed by atoms with Crippen LogP contribution in [0.5, 0.6) is 0 Å².